The van der Waals surface area contributed by atoms with Gasteiger partial charge in [-0.05, 0) is 84.5 Å². The Kier molecular flexibility index (Phi) is 6.04. The number of carbonyl (C=O) groups is 2. The summed E-state index contributed by atoms with van der Waals surface area (Å²) >= 11 is 0. The van der Waals surface area contributed by atoms with Gasteiger partial charge in [-0.2, -0.15) is 0 Å². The van der Waals surface area contributed by atoms with Crippen molar-refractivity contribution in [3.63, 3.8) is 0 Å². The SMILES string of the molecule is CC(=O)O[C@H]1[C@H](O)[C@@H](O)[C@]2(C)[C@H]3C(=O)C=C4[C@H]5[C@@H](C)[C@H](C)CC[C@]5(C)CC[C@@]4(C)[C@]3(C)CC[C@H]2C1(C)C. The number of hydrogen-bond acceptors (Lipinski definition) is 5. The van der Waals surface area contributed by atoms with Crippen molar-refractivity contribution in [3.05, 3.63) is 11.6 Å². The highest BCUT2D eigenvalue weighted by molar-refractivity contribution is 5.95. The summed E-state index contributed by atoms with van der Waals surface area (Å²) in [5, 5.41) is 23.2. The van der Waals surface area contributed by atoms with Gasteiger partial charge in [-0.1, -0.05) is 61.0 Å². The minimum absolute atomic E-state index is 0.0641. The first-order valence-electron chi connectivity index (χ1n) is 14.8. The van der Waals surface area contributed by atoms with Crippen molar-refractivity contribution in [1.29, 1.82) is 0 Å². The van der Waals surface area contributed by atoms with E-state index in [0.29, 0.717) is 17.8 Å². The van der Waals surface area contributed by atoms with Gasteiger partial charge in [-0.25, -0.2) is 0 Å². The van der Waals surface area contributed by atoms with E-state index in [0.717, 1.165) is 19.3 Å². The molecule has 5 aliphatic carbocycles. The number of rotatable bonds is 1. The largest absolute Gasteiger partial charge is 0.459 e. The van der Waals surface area contributed by atoms with Crippen molar-refractivity contribution in [2.75, 3.05) is 0 Å². The summed E-state index contributed by atoms with van der Waals surface area (Å²) in [4.78, 5) is 26.4. The van der Waals surface area contributed by atoms with Crippen LogP contribution in [0.3, 0.4) is 0 Å². The Balaban J connectivity index is 1.65. The maximum atomic E-state index is 14.4. The Labute approximate surface area is 223 Å². The van der Waals surface area contributed by atoms with E-state index in [9.17, 15) is 19.8 Å². The zero-order valence-corrected chi connectivity index (χ0v) is 24.6. The predicted octanol–water partition coefficient (Wildman–Crippen LogP) is 5.72. The molecule has 208 valence electrons. The fraction of sp³-hybridized carbons (Fsp3) is 0.875. The maximum absolute atomic E-state index is 14.4. The van der Waals surface area contributed by atoms with Crippen LogP contribution in [0.4, 0.5) is 0 Å². The van der Waals surface area contributed by atoms with E-state index in [1.54, 1.807) is 0 Å². The highest BCUT2D eigenvalue weighted by Crippen LogP contribution is 2.75. The predicted molar refractivity (Wildman–Crippen MR) is 143 cm³/mol. The number of esters is 1. The first-order valence-corrected chi connectivity index (χ1v) is 14.8. The molecule has 0 radical (unpaired) electrons. The molecule has 0 bridgehead atoms. The smallest absolute Gasteiger partial charge is 0.303 e. The molecule has 0 amide bonds. The van der Waals surface area contributed by atoms with E-state index in [-0.39, 0.29) is 27.9 Å². The topological polar surface area (TPSA) is 83.8 Å². The second kappa shape index (κ2) is 8.16. The van der Waals surface area contributed by atoms with Gasteiger partial charge >= 0.3 is 5.97 Å². The number of aliphatic hydroxyl groups is 2. The van der Waals surface area contributed by atoms with Crippen LogP contribution in [0.25, 0.3) is 0 Å². The minimum atomic E-state index is -1.23. The number of carbonyl (C=O) groups excluding carboxylic acids is 2. The van der Waals surface area contributed by atoms with Crippen molar-refractivity contribution in [1.82, 2.24) is 0 Å². The lowest BCUT2D eigenvalue weighted by Crippen LogP contribution is -2.73. The third-order valence-corrected chi connectivity index (χ3v) is 13.5. The average Bonchev–Trinajstić information content (AvgIpc) is 2.79. The molecule has 0 unspecified atom stereocenters. The summed E-state index contributed by atoms with van der Waals surface area (Å²) in [6.07, 6.45) is 5.27. The Morgan fingerprint density at radius 1 is 0.973 bits per heavy atom. The van der Waals surface area contributed by atoms with Crippen LogP contribution in [0.5, 0.6) is 0 Å². The number of allylic oxidation sites excluding steroid dienone is 2. The van der Waals surface area contributed by atoms with Gasteiger partial charge in [0, 0.05) is 23.7 Å². The van der Waals surface area contributed by atoms with Crippen LogP contribution in [0.15, 0.2) is 11.6 Å². The number of ether oxygens (including phenoxy) is 1. The van der Waals surface area contributed by atoms with Crippen LogP contribution in [-0.4, -0.2) is 40.3 Å². The molecule has 4 saturated carbocycles. The first kappa shape index (κ1) is 27.4. The minimum Gasteiger partial charge on any atom is -0.459 e. The zero-order chi connectivity index (χ0) is 27.5. The fourth-order valence-electron chi connectivity index (χ4n) is 11.1. The molecule has 0 aromatic rings. The van der Waals surface area contributed by atoms with Crippen LogP contribution in [0.2, 0.25) is 0 Å². The van der Waals surface area contributed by atoms with E-state index in [1.165, 1.54) is 31.8 Å². The number of ketones is 1. The third-order valence-electron chi connectivity index (χ3n) is 13.5. The molecule has 37 heavy (non-hydrogen) atoms. The number of fused-ring (bicyclic) bond motifs is 7. The Bertz CT molecular complexity index is 1030. The van der Waals surface area contributed by atoms with Gasteiger partial charge in [0.05, 0.1) is 6.10 Å². The van der Waals surface area contributed by atoms with E-state index in [2.05, 4.69) is 34.6 Å². The summed E-state index contributed by atoms with van der Waals surface area (Å²) < 4.78 is 5.62. The molecule has 5 aliphatic rings. The summed E-state index contributed by atoms with van der Waals surface area (Å²) in [6.45, 7) is 19.4. The highest BCUT2D eigenvalue weighted by Gasteiger charge is 2.73. The average molecular weight is 515 g/mol. The molecular formula is C32H50O5. The van der Waals surface area contributed by atoms with Gasteiger partial charge in [0.2, 0.25) is 0 Å². The molecule has 0 heterocycles. The highest BCUT2D eigenvalue weighted by atomic mass is 16.6. The summed E-state index contributed by atoms with van der Waals surface area (Å²) in [5.74, 6) is 0.808. The molecule has 0 aromatic heterocycles. The second-order valence-corrected chi connectivity index (χ2v) is 15.4. The van der Waals surface area contributed by atoms with Crippen molar-refractivity contribution in [3.8, 4) is 0 Å². The number of hydrogen-bond donors (Lipinski definition) is 2. The zero-order valence-electron chi connectivity index (χ0n) is 24.6. The molecule has 12 atom stereocenters. The van der Waals surface area contributed by atoms with Crippen molar-refractivity contribution in [2.24, 2.45) is 56.7 Å². The molecule has 0 aromatic carbocycles. The molecule has 0 aliphatic heterocycles. The molecule has 5 heteroatoms. The van der Waals surface area contributed by atoms with Gasteiger partial charge in [-0.15, -0.1) is 0 Å². The molecule has 0 saturated heterocycles. The maximum Gasteiger partial charge on any atom is 0.303 e. The lowest BCUT2D eigenvalue weighted by molar-refractivity contribution is -0.276. The lowest BCUT2D eigenvalue weighted by atomic mass is 9.32. The van der Waals surface area contributed by atoms with Crippen molar-refractivity contribution >= 4 is 11.8 Å². The van der Waals surface area contributed by atoms with Crippen LogP contribution in [0.1, 0.15) is 101 Å². The molecule has 2 N–H and O–H groups in total. The summed E-state index contributed by atoms with van der Waals surface area (Å²) in [6, 6.07) is 0. The summed E-state index contributed by atoms with van der Waals surface area (Å²) in [5.41, 5.74) is -0.232. The molecule has 4 fully saturated rings. The number of aliphatic hydroxyl groups excluding tert-OH is 2. The first-order chi connectivity index (χ1) is 17.0. The molecule has 5 nitrogen and oxygen atoms in total. The second-order valence-electron chi connectivity index (χ2n) is 15.4. The Morgan fingerprint density at radius 2 is 1.62 bits per heavy atom. The van der Waals surface area contributed by atoms with E-state index < -0.39 is 41.0 Å². The lowest BCUT2D eigenvalue weighted by Gasteiger charge is -2.71. The van der Waals surface area contributed by atoms with Crippen molar-refractivity contribution in [2.45, 2.75) is 119 Å². The fourth-order valence-corrected chi connectivity index (χ4v) is 11.1. The van der Waals surface area contributed by atoms with Crippen LogP contribution < -0.4 is 0 Å². The third kappa shape index (κ3) is 3.28. The summed E-state index contributed by atoms with van der Waals surface area (Å²) in [7, 11) is 0. The van der Waals surface area contributed by atoms with Gasteiger partial charge in [0.1, 0.15) is 12.2 Å². The van der Waals surface area contributed by atoms with Crippen LogP contribution >= 0.6 is 0 Å². The van der Waals surface area contributed by atoms with Gasteiger partial charge in [-0.3, -0.25) is 9.59 Å². The van der Waals surface area contributed by atoms with Gasteiger partial charge in [0.25, 0.3) is 0 Å². The molecule has 5 rings (SSSR count). The van der Waals surface area contributed by atoms with Gasteiger partial charge < -0.3 is 14.9 Å². The van der Waals surface area contributed by atoms with E-state index in [4.69, 9.17) is 4.74 Å². The van der Waals surface area contributed by atoms with Crippen LogP contribution in [0, 0.1) is 56.7 Å². The normalized spacial score (nSPS) is 54.7. The quantitative estimate of drug-likeness (QED) is 0.438. The Hall–Kier alpha value is -1.20. The Morgan fingerprint density at radius 3 is 2.24 bits per heavy atom. The molecule has 0 spiro atoms. The van der Waals surface area contributed by atoms with E-state index in [1.807, 2.05) is 26.8 Å². The monoisotopic (exact) mass is 514 g/mol. The van der Waals surface area contributed by atoms with Crippen LogP contribution in [-0.2, 0) is 14.3 Å². The molecular weight excluding hydrogens is 464 g/mol. The van der Waals surface area contributed by atoms with Gasteiger partial charge in [0.15, 0.2) is 5.78 Å². The standard InChI is InChI=1S/C32H50O5/c1-17-10-12-29(6)14-15-30(7)20(23(29)18(17)2)16-21(34)25-31(30,8)13-11-22-28(4,5)27(37-19(3)33)24(35)26(36)32(22,25)9/h16-18,22-27,35-36H,10-15H2,1-9H3/t17-,18+,22+,23-,24-,25+,26-,27+,29-,30-,31-,32+/m1/s1. The van der Waals surface area contributed by atoms with E-state index >= 15 is 0 Å². The van der Waals surface area contributed by atoms with Crippen molar-refractivity contribution < 1.29 is 24.5 Å².